The minimum Gasteiger partial charge on any atom is -0.352 e. The Balaban J connectivity index is 1.94. The van der Waals surface area contributed by atoms with Gasteiger partial charge in [0.15, 0.2) is 0 Å². The van der Waals surface area contributed by atoms with Gasteiger partial charge in [0.05, 0.1) is 5.69 Å². The quantitative estimate of drug-likeness (QED) is 0.462. The molecule has 3 rings (SSSR count). The molecule has 8 nitrogen and oxygen atoms in total. The Morgan fingerprint density at radius 3 is 2.39 bits per heavy atom. The molecule has 1 fully saturated rings. The highest BCUT2D eigenvalue weighted by molar-refractivity contribution is 9.10. The molecule has 1 aliphatic carbocycles. The fraction of sp³-hybridized carbons (Fsp3) is 0.440. The molecule has 1 saturated carbocycles. The van der Waals surface area contributed by atoms with Gasteiger partial charge in [0.25, 0.3) is 0 Å². The van der Waals surface area contributed by atoms with E-state index in [1.807, 2.05) is 24.3 Å². The number of nitrogens with zero attached hydrogens (tertiary/aromatic N) is 3. The number of hydrogen-bond donors (Lipinski definition) is 1. The minimum atomic E-state index is -4.22. The zero-order valence-electron chi connectivity index (χ0n) is 20.7. The molecule has 2 aromatic carbocycles. The van der Waals surface area contributed by atoms with Crippen molar-refractivity contribution in [2.24, 2.45) is 0 Å². The monoisotopic (exact) mass is 582 g/mol. The summed E-state index contributed by atoms with van der Waals surface area (Å²) in [6.45, 7) is 1.02. The first-order valence-corrected chi connectivity index (χ1v) is 14.0. The van der Waals surface area contributed by atoms with Crippen LogP contribution in [0.4, 0.5) is 10.1 Å². The van der Waals surface area contributed by atoms with Gasteiger partial charge in [0, 0.05) is 31.2 Å². The van der Waals surface area contributed by atoms with Crippen LogP contribution < -0.4 is 9.62 Å². The number of para-hydroxylation sites is 1. The first-order valence-electron chi connectivity index (χ1n) is 11.8. The van der Waals surface area contributed by atoms with E-state index in [1.54, 1.807) is 6.92 Å². The zero-order chi connectivity index (χ0) is 26.5. The van der Waals surface area contributed by atoms with Crippen LogP contribution in [0.1, 0.15) is 38.2 Å². The number of carbonyl (C=O) groups excluding carboxylic acids is 2. The molecular weight excluding hydrogens is 551 g/mol. The van der Waals surface area contributed by atoms with Crippen LogP contribution in [-0.2, 0) is 26.3 Å². The van der Waals surface area contributed by atoms with Crippen molar-refractivity contribution in [1.82, 2.24) is 14.5 Å². The summed E-state index contributed by atoms with van der Waals surface area (Å²) in [6, 6.07) is 11.9. The molecule has 0 radical (unpaired) electrons. The van der Waals surface area contributed by atoms with Gasteiger partial charge >= 0.3 is 10.2 Å². The highest BCUT2D eigenvalue weighted by Crippen LogP contribution is 2.24. The predicted octanol–water partition coefficient (Wildman–Crippen LogP) is 3.68. The Morgan fingerprint density at radius 1 is 1.11 bits per heavy atom. The van der Waals surface area contributed by atoms with Crippen LogP contribution in [0, 0.1) is 5.82 Å². The Kier molecular flexibility index (Phi) is 9.48. The van der Waals surface area contributed by atoms with Crippen molar-refractivity contribution in [2.75, 3.05) is 24.9 Å². The Labute approximate surface area is 220 Å². The molecule has 0 aromatic heterocycles. The lowest BCUT2D eigenvalue weighted by atomic mass is 10.1. The number of rotatable bonds is 10. The van der Waals surface area contributed by atoms with E-state index in [0.717, 1.165) is 50.4 Å². The molecule has 0 unspecified atom stereocenters. The lowest BCUT2D eigenvalue weighted by Gasteiger charge is -2.33. The van der Waals surface area contributed by atoms with Crippen LogP contribution in [0.3, 0.4) is 0 Å². The van der Waals surface area contributed by atoms with Crippen molar-refractivity contribution < 1.29 is 22.4 Å². The fourth-order valence-electron chi connectivity index (χ4n) is 4.16. The average molecular weight is 584 g/mol. The van der Waals surface area contributed by atoms with Crippen molar-refractivity contribution in [3.8, 4) is 0 Å². The Bertz CT molecular complexity index is 1190. The second kappa shape index (κ2) is 12.2. The second-order valence-corrected chi connectivity index (χ2v) is 12.0. The zero-order valence-corrected chi connectivity index (χ0v) is 23.1. The van der Waals surface area contributed by atoms with Gasteiger partial charge in [0.2, 0.25) is 11.8 Å². The maximum Gasteiger partial charge on any atom is 0.304 e. The van der Waals surface area contributed by atoms with Gasteiger partial charge in [0.1, 0.15) is 18.4 Å². The smallest absolute Gasteiger partial charge is 0.304 e. The summed E-state index contributed by atoms with van der Waals surface area (Å²) in [5, 5.41) is 3.01. The molecule has 0 spiro atoms. The molecule has 11 heteroatoms. The fourth-order valence-corrected chi connectivity index (χ4v) is 5.67. The van der Waals surface area contributed by atoms with E-state index in [2.05, 4.69) is 21.2 Å². The van der Waals surface area contributed by atoms with Crippen LogP contribution >= 0.6 is 15.9 Å². The molecule has 1 atom stereocenters. The maximum atomic E-state index is 14.7. The van der Waals surface area contributed by atoms with Crippen LogP contribution in [0.2, 0.25) is 0 Å². The van der Waals surface area contributed by atoms with Crippen molar-refractivity contribution in [1.29, 1.82) is 0 Å². The van der Waals surface area contributed by atoms with Crippen LogP contribution in [0.15, 0.2) is 53.0 Å². The Hall–Kier alpha value is -2.50. The summed E-state index contributed by atoms with van der Waals surface area (Å²) in [7, 11) is -1.60. The third kappa shape index (κ3) is 6.83. The van der Waals surface area contributed by atoms with E-state index in [0.29, 0.717) is 0 Å². The van der Waals surface area contributed by atoms with Gasteiger partial charge in [-0.25, -0.2) is 8.70 Å². The summed E-state index contributed by atoms with van der Waals surface area (Å²) in [5.74, 6) is -1.71. The number of anilines is 1. The summed E-state index contributed by atoms with van der Waals surface area (Å²) in [4.78, 5) is 28.1. The van der Waals surface area contributed by atoms with E-state index < -0.39 is 34.5 Å². The summed E-state index contributed by atoms with van der Waals surface area (Å²) in [5.41, 5.74) is 0.510. The highest BCUT2D eigenvalue weighted by atomic mass is 79.9. The molecule has 2 aromatic rings. The first kappa shape index (κ1) is 28.1. The predicted molar refractivity (Wildman–Crippen MR) is 141 cm³/mol. The van der Waals surface area contributed by atoms with E-state index in [4.69, 9.17) is 0 Å². The van der Waals surface area contributed by atoms with Gasteiger partial charge in [-0.1, -0.05) is 53.0 Å². The molecule has 0 heterocycles. The van der Waals surface area contributed by atoms with Crippen LogP contribution in [0.5, 0.6) is 0 Å². The van der Waals surface area contributed by atoms with Crippen molar-refractivity contribution >= 4 is 43.6 Å². The molecule has 1 N–H and O–H groups in total. The van der Waals surface area contributed by atoms with Gasteiger partial charge in [-0.05, 0) is 49.6 Å². The molecule has 2 amide bonds. The molecule has 0 bridgehead atoms. The van der Waals surface area contributed by atoms with Crippen molar-refractivity contribution in [2.45, 2.75) is 51.2 Å². The van der Waals surface area contributed by atoms with E-state index in [9.17, 15) is 22.4 Å². The first-order chi connectivity index (χ1) is 17.0. The molecular formula is C25H32BrFN4O4S. The van der Waals surface area contributed by atoms with Gasteiger partial charge < -0.3 is 10.2 Å². The van der Waals surface area contributed by atoms with Gasteiger partial charge in [-0.2, -0.15) is 12.7 Å². The normalized spacial score (nSPS) is 15.1. The number of nitrogens with one attached hydrogen (secondary N) is 1. The molecule has 1 aliphatic rings. The number of carbonyl (C=O) groups is 2. The average Bonchev–Trinajstić information content (AvgIpc) is 3.34. The third-order valence-corrected chi connectivity index (χ3v) is 8.55. The SMILES string of the molecule is C[C@H](C(=O)NC1CCCC1)N(Cc1cccc(Br)c1)C(=O)CN(c1ccccc1F)S(=O)(=O)N(C)C. The largest absolute Gasteiger partial charge is 0.352 e. The topological polar surface area (TPSA) is 90.0 Å². The number of hydrogen-bond acceptors (Lipinski definition) is 4. The minimum absolute atomic E-state index is 0.0619. The lowest BCUT2D eigenvalue weighted by Crippen LogP contribution is -2.53. The second-order valence-electron chi connectivity index (χ2n) is 9.07. The van der Waals surface area contributed by atoms with Crippen LogP contribution in [-0.4, -0.2) is 62.2 Å². The maximum absolute atomic E-state index is 14.7. The third-order valence-electron chi connectivity index (χ3n) is 6.25. The summed E-state index contributed by atoms with van der Waals surface area (Å²) in [6.07, 6.45) is 3.86. The van der Waals surface area contributed by atoms with E-state index in [1.165, 1.54) is 37.2 Å². The molecule has 0 aliphatic heterocycles. The molecule has 196 valence electrons. The number of benzene rings is 2. The summed E-state index contributed by atoms with van der Waals surface area (Å²) >= 11 is 3.42. The number of amides is 2. The van der Waals surface area contributed by atoms with Gasteiger partial charge in [-0.15, -0.1) is 0 Å². The van der Waals surface area contributed by atoms with Crippen molar-refractivity contribution in [3.05, 3.63) is 64.4 Å². The Morgan fingerprint density at radius 2 is 1.78 bits per heavy atom. The van der Waals surface area contributed by atoms with Crippen molar-refractivity contribution in [3.63, 3.8) is 0 Å². The summed E-state index contributed by atoms with van der Waals surface area (Å²) < 4.78 is 43.3. The highest BCUT2D eigenvalue weighted by Gasteiger charge is 2.34. The lowest BCUT2D eigenvalue weighted by molar-refractivity contribution is -0.139. The number of halogens is 2. The molecule has 36 heavy (non-hydrogen) atoms. The standard InChI is InChI=1S/C25H32BrFN4O4S/c1-18(25(33)28-21-11-4-5-12-21)30(16-19-9-8-10-20(26)15-19)24(32)17-31(36(34,35)29(2)3)23-14-7-6-13-22(23)27/h6-10,13-15,18,21H,4-5,11-12,16-17H2,1-3H3,(H,28,33)/t18-/m1/s1. The van der Waals surface area contributed by atoms with E-state index >= 15 is 0 Å². The van der Waals surface area contributed by atoms with Crippen LogP contribution in [0.25, 0.3) is 0 Å². The van der Waals surface area contributed by atoms with Gasteiger partial charge in [-0.3, -0.25) is 9.59 Å². The molecule has 0 saturated heterocycles. The van der Waals surface area contributed by atoms with E-state index in [-0.39, 0.29) is 24.2 Å².